The second-order valence-corrected chi connectivity index (χ2v) is 8.38. The van der Waals surface area contributed by atoms with Crippen molar-refractivity contribution in [2.45, 2.75) is 59.0 Å². The highest BCUT2D eigenvalue weighted by Gasteiger charge is 2.45. The van der Waals surface area contributed by atoms with Gasteiger partial charge < -0.3 is 15.5 Å². The van der Waals surface area contributed by atoms with Crippen LogP contribution in [-0.2, 0) is 0 Å². The van der Waals surface area contributed by atoms with Gasteiger partial charge in [-0.1, -0.05) is 44.1 Å². The van der Waals surface area contributed by atoms with Gasteiger partial charge in [0.05, 0.1) is 12.7 Å². The first-order valence-corrected chi connectivity index (χ1v) is 9.59. The van der Waals surface area contributed by atoms with Crippen LogP contribution in [0.3, 0.4) is 0 Å². The van der Waals surface area contributed by atoms with Gasteiger partial charge in [0.1, 0.15) is 0 Å². The van der Waals surface area contributed by atoms with E-state index in [0.29, 0.717) is 17.9 Å². The highest BCUT2D eigenvalue weighted by atomic mass is 16.3. The summed E-state index contributed by atoms with van der Waals surface area (Å²) in [6, 6.07) is 0. The molecule has 3 atom stereocenters. The Bertz CT molecular complexity index is 572. The number of allylic oxidation sites excluding steroid dienone is 4. The lowest BCUT2D eigenvalue weighted by Gasteiger charge is -2.41. The summed E-state index contributed by atoms with van der Waals surface area (Å²) in [5.74, 6) is 0.878. The molecule has 0 heterocycles. The maximum atomic E-state index is 10.9. The first kappa shape index (κ1) is 17.9. The van der Waals surface area contributed by atoms with Crippen LogP contribution >= 0.6 is 0 Å². The average molecular weight is 332 g/mol. The standard InChI is InChI=1S/C21H33NO2/c1-14(2)16-6-8-21(3)9-7-17-18(20(16)21)5-4-15(12-19(17)24)13-22-10-11-23/h4-5,14,17,19,22-24H,6-13H2,1-3H3/t17-,19+,21-/m1/s1. The summed E-state index contributed by atoms with van der Waals surface area (Å²) in [5, 5.41) is 23.0. The van der Waals surface area contributed by atoms with E-state index in [2.05, 4.69) is 38.2 Å². The van der Waals surface area contributed by atoms with E-state index in [1.807, 2.05) is 0 Å². The van der Waals surface area contributed by atoms with Gasteiger partial charge in [0.25, 0.3) is 0 Å². The molecule has 0 spiro atoms. The molecule has 0 aromatic heterocycles. The van der Waals surface area contributed by atoms with Gasteiger partial charge in [-0.25, -0.2) is 0 Å². The van der Waals surface area contributed by atoms with Crippen molar-refractivity contribution in [2.75, 3.05) is 19.7 Å². The number of fused-ring (bicyclic) bond motifs is 3. The van der Waals surface area contributed by atoms with Crippen LogP contribution in [0.4, 0.5) is 0 Å². The summed E-state index contributed by atoms with van der Waals surface area (Å²) < 4.78 is 0. The van der Waals surface area contributed by atoms with Crippen molar-refractivity contribution in [3.05, 3.63) is 34.4 Å². The minimum Gasteiger partial charge on any atom is -0.395 e. The minimum atomic E-state index is -0.285. The second kappa shape index (κ2) is 7.15. The number of aliphatic hydroxyl groups excluding tert-OH is 2. The molecule has 3 rings (SSSR count). The van der Waals surface area contributed by atoms with Gasteiger partial charge in [0.15, 0.2) is 0 Å². The molecule has 0 amide bonds. The predicted molar refractivity (Wildman–Crippen MR) is 98.7 cm³/mol. The van der Waals surface area contributed by atoms with E-state index >= 15 is 0 Å². The zero-order valence-electron chi connectivity index (χ0n) is 15.4. The SMILES string of the molecule is CC(C)C1=C2C3=CC=C(CNCCO)C[C@H](O)[C@@H]3CC[C@@]2(C)CC1. The topological polar surface area (TPSA) is 52.5 Å². The Morgan fingerprint density at radius 1 is 1.29 bits per heavy atom. The molecule has 0 saturated heterocycles. The summed E-state index contributed by atoms with van der Waals surface area (Å²) in [4.78, 5) is 0. The highest BCUT2D eigenvalue weighted by Crippen LogP contribution is 2.57. The Labute approximate surface area is 146 Å². The van der Waals surface area contributed by atoms with Gasteiger partial charge in [-0.2, -0.15) is 0 Å². The molecule has 3 nitrogen and oxygen atoms in total. The lowest BCUT2D eigenvalue weighted by atomic mass is 9.64. The molecule has 3 heteroatoms. The molecule has 24 heavy (non-hydrogen) atoms. The van der Waals surface area contributed by atoms with E-state index in [0.717, 1.165) is 19.4 Å². The Kier molecular flexibility index (Phi) is 5.33. The summed E-state index contributed by atoms with van der Waals surface area (Å²) in [7, 11) is 0. The summed E-state index contributed by atoms with van der Waals surface area (Å²) in [6.45, 7) is 8.56. The molecule has 0 aromatic rings. The quantitative estimate of drug-likeness (QED) is 0.677. The molecule has 1 saturated carbocycles. The number of aliphatic hydroxyl groups is 2. The van der Waals surface area contributed by atoms with E-state index in [-0.39, 0.29) is 18.6 Å². The van der Waals surface area contributed by atoms with Gasteiger partial charge in [0.2, 0.25) is 0 Å². The third-order valence-electron chi connectivity index (χ3n) is 6.34. The molecule has 3 aliphatic rings. The third kappa shape index (κ3) is 3.26. The number of hydrogen-bond donors (Lipinski definition) is 3. The van der Waals surface area contributed by atoms with E-state index in [4.69, 9.17) is 5.11 Å². The van der Waals surface area contributed by atoms with Crippen molar-refractivity contribution in [1.82, 2.24) is 5.32 Å². The third-order valence-corrected chi connectivity index (χ3v) is 6.34. The largest absolute Gasteiger partial charge is 0.395 e. The zero-order valence-corrected chi connectivity index (χ0v) is 15.4. The van der Waals surface area contributed by atoms with Crippen LogP contribution in [0.2, 0.25) is 0 Å². The summed E-state index contributed by atoms with van der Waals surface area (Å²) in [6.07, 6.45) is 9.77. The van der Waals surface area contributed by atoms with Gasteiger partial charge in [0, 0.05) is 19.0 Å². The van der Waals surface area contributed by atoms with Crippen molar-refractivity contribution < 1.29 is 10.2 Å². The smallest absolute Gasteiger partial charge is 0.0646 e. The Morgan fingerprint density at radius 2 is 2.08 bits per heavy atom. The molecule has 0 unspecified atom stereocenters. The second-order valence-electron chi connectivity index (χ2n) is 8.38. The van der Waals surface area contributed by atoms with Crippen LogP contribution < -0.4 is 5.32 Å². The fraction of sp³-hybridized carbons (Fsp3) is 0.714. The van der Waals surface area contributed by atoms with Crippen molar-refractivity contribution in [2.24, 2.45) is 17.3 Å². The van der Waals surface area contributed by atoms with E-state index < -0.39 is 0 Å². The van der Waals surface area contributed by atoms with Crippen molar-refractivity contribution in [3.8, 4) is 0 Å². The lowest BCUT2D eigenvalue weighted by Crippen LogP contribution is -2.33. The summed E-state index contributed by atoms with van der Waals surface area (Å²) in [5.41, 5.74) is 6.16. The lowest BCUT2D eigenvalue weighted by molar-refractivity contribution is 0.103. The van der Waals surface area contributed by atoms with Crippen LogP contribution in [-0.4, -0.2) is 36.0 Å². The van der Waals surface area contributed by atoms with E-state index in [1.165, 1.54) is 30.4 Å². The predicted octanol–water partition coefficient (Wildman–Crippen LogP) is 3.35. The van der Waals surface area contributed by atoms with Crippen LogP contribution in [0.15, 0.2) is 34.4 Å². The molecule has 3 aliphatic carbocycles. The zero-order chi connectivity index (χ0) is 17.3. The van der Waals surface area contributed by atoms with Crippen molar-refractivity contribution >= 4 is 0 Å². The number of rotatable bonds is 5. The normalized spacial score (nSPS) is 33.1. The van der Waals surface area contributed by atoms with Gasteiger partial charge in [-0.3, -0.25) is 0 Å². The number of nitrogens with one attached hydrogen (secondary N) is 1. The van der Waals surface area contributed by atoms with Crippen LogP contribution in [0.5, 0.6) is 0 Å². The van der Waals surface area contributed by atoms with E-state index in [1.54, 1.807) is 11.1 Å². The Morgan fingerprint density at radius 3 is 2.79 bits per heavy atom. The fourth-order valence-corrected chi connectivity index (χ4v) is 4.98. The van der Waals surface area contributed by atoms with Crippen LogP contribution in [0.25, 0.3) is 0 Å². The van der Waals surface area contributed by atoms with E-state index in [9.17, 15) is 5.11 Å². The van der Waals surface area contributed by atoms with Crippen LogP contribution in [0.1, 0.15) is 52.9 Å². The highest BCUT2D eigenvalue weighted by molar-refractivity contribution is 5.50. The van der Waals surface area contributed by atoms with Gasteiger partial charge >= 0.3 is 0 Å². The Hall–Kier alpha value is -0.900. The molecule has 1 fully saturated rings. The van der Waals surface area contributed by atoms with Gasteiger partial charge in [-0.05, 0) is 54.6 Å². The molecule has 134 valence electrons. The molecular weight excluding hydrogens is 298 g/mol. The van der Waals surface area contributed by atoms with Crippen LogP contribution in [0, 0.1) is 17.3 Å². The summed E-state index contributed by atoms with van der Waals surface area (Å²) >= 11 is 0. The Balaban J connectivity index is 1.94. The molecular formula is C21H33NO2. The maximum absolute atomic E-state index is 10.9. The van der Waals surface area contributed by atoms with Gasteiger partial charge in [-0.15, -0.1) is 0 Å². The molecule has 0 aromatic carbocycles. The molecule has 0 bridgehead atoms. The minimum absolute atomic E-state index is 0.155. The van der Waals surface area contributed by atoms with Crippen molar-refractivity contribution in [1.29, 1.82) is 0 Å². The first-order valence-electron chi connectivity index (χ1n) is 9.59. The fourth-order valence-electron chi connectivity index (χ4n) is 4.98. The average Bonchev–Trinajstić information content (AvgIpc) is 2.81. The molecule has 0 radical (unpaired) electrons. The number of hydrogen-bond acceptors (Lipinski definition) is 3. The maximum Gasteiger partial charge on any atom is 0.0646 e. The molecule has 3 N–H and O–H groups in total. The first-order chi connectivity index (χ1) is 11.5. The van der Waals surface area contributed by atoms with Crippen molar-refractivity contribution in [3.63, 3.8) is 0 Å². The molecule has 0 aliphatic heterocycles. The monoisotopic (exact) mass is 331 g/mol.